The Hall–Kier alpha value is -2.06. The van der Waals surface area contributed by atoms with Crippen molar-refractivity contribution in [1.82, 2.24) is 24.4 Å². The summed E-state index contributed by atoms with van der Waals surface area (Å²) in [6.07, 6.45) is 0. The third kappa shape index (κ3) is 7.04. The van der Waals surface area contributed by atoms with E-state index in [2.05, 4.69) is 36.5 Å². The van der Waals surface area contributed by atoms with Crippen LogP contribution in [0.4, 0.5) is 0 Å². The van der Waals surface area contributed by atoms with E-state index in [9.17, 15) is 19.5 Å². The van der Waals surface area contributed by atoms with Crippen molar-refractivity contribution < 1.29 is 24.7 Å². The van der Waals surface area contributed by atoms with Crippen molar-refractivity contribution in [3.05, 3.63) is 25.6 Å². The number of aliphatic carboxylic acids is 1. The lowest BCUT2D eigenvalue weighted by Gasteiger charge is -2.10. The number of aryl methyl sites for hydroxylation is 1. The molecule has 2 saturated heterocycles. The summed E-state index contributed by atoms with van der Waals surface area (Å²) in [5, 5.41) is 16.0. The Bertz CT molecular complexity index is 880. The maximum Gasteiger partial charge on any atom is 0.329 e. The molecule has 0 radical (unpaired) electrons. The number of hydrogen-bond donors (Lipinski definition) is 3. The lowest BCUT2D eigenvalue weighted by Crippen LogP contribution is -2.87. The summed E-state index contributed by atoms with van der Waals surface area (Å²) in [6, 6.07) is 0. The van der Waals surface area contributed by atoms with Crippen LogP contribution >= 0.6 is 15.9 Å². The summed E-state index contributed by atoms with van der Waals surface area (Å²) in [4.78, 5) is 39.5. The SMILES string of the molecule is C1COCCN1.C1COCC[NH2+]1.Cn1c(=O)[nH]c(=O)c2c1nc(Br)n2CC(=O)[O-]. The van der Waals surface area contributed by atoms with Crippen LogP contribution in [0.2, 0.25) is 0 Å². The van der Waals surface area contributed by atoms with E-state index in [-0.39, 0.29) is 15.9 Å². The van der Waals surface area contributed by atoms with Gasteiger partial charge in [0.1, 0.15) is 0 Å². The number of nitrogens with two attached hydrogens (primary N) is 1. The first-order valence-electron chi connectivity index (χ1n) is 9.14. The van der Waals surface area contributed by atoms with E-state index in [4.69, 9.17) is 9.47 Å². The highest BCUT2D eigenvalue weighted by atomic mass is 79.9. The smallest absolute Gasteiger partial charge is 0.329 e. The van der Waals surface area contributed by atoms with Crippen LogP contribution in [0, 0.1) is 0 Å². The van der Waals surface area contributed by atoms with Crippen molar-refractivity contribution in [1.29, 1.82) is 0 Å². The topological polar surface area (TPSA) is 160 Å². The number of carbonyl (C=O) groups is 1. The van der Waals surface area contributed by atoms with Crippen molar-refractivity contribution in [3.8, 4) is 0 Å². The molecule has 0 aliphatic carbocycles. The number of rotatable bonds is 2. The highest BCUT2D eigenvalue weighted by Crippen LogP contribution is 2.15. The Morgan fingerprint density at radius 1 is 1.21 bits per heavy atom. The van der Waals surface area contributed by atoms with Crippen molar-refractivity contribution in [2.45, 2.75) is 6.54 Å². The number of carboxylic acids is 1. The number of hydrogen-bond acceptors (Lipinski definition) is 8. The van der Waals surface area contributed by atoms with Crippen LogP contribution in [0.3, 0.4) is 0 Å². The summed E-state index contributed by atoms with van der Waals surface area (Å²) >= 11 is 3.02. The predicted octanol–water partition coefficient (Wildman–Crippen LogP) is -3.88. The standard InChI is InChI=1S/C8H7BrN4O4.2C4H9NO/c1-12-5-4(6(16)11-8(12)17)13(2-3(14)15)7(9)10-5;2*1-3-6-4-2-5-1/h2H2,1H3,(H,14,15)(H,11,16,17);2*5H,1-4H2. The van der Waals surface area contributed by atoms with Gasteiger partial charge in [0.05, 0.1) is 52.0 Å². The minimum Gasteiger partial charge on any atom is -0.548 e. The second-order valence-electron chi connectivity index (χ2n) is 6.17. The van der Waals surface area contributed by atoms with E-state index in [1.807, 2.05) is 0 Å². The molecule has 12 nitrogen and oxygen atoms in total. The van der Waals surface area contributed by atoms with Crippen LogP contribution in [0.25, 0.3) is 11.2 Å². The fourth-order valence-corrected chi connectivity index (χ4v) is 3.05. The van der Waals surface area contributed by atoms with Crippen LogP contribution in [0.5, 0.6) is 0 Å². The summed E-state index contributed by atoms with van der Waals surface area (Å²) in [5.74, 6) is -1.36. The number of ether oxygens (including phenoxy) is 2. The largest absolute Gasteiger partial charge is 0.548 e. The van der Waals surface area contributed by atoms with E-state index in [0.717, 1.165) is 61.7 Å². The van der Waals surface area contributed by atoms with Crippen LogP contribution < -0.4 is 27.0 Å². The van der Waals surface area contributed by atoms with Gasteiger partial charge in [-0.3, -0.25) is 14.3 Å². The van der Waals surface area contributed by atoms with Gasteiger partial charge in [0.15, 0.2) is 15.9 Å². The van der Waals surface area contributed by atoms with Crippen molar-refractivity contribution in [3.63, 3.8) is 0 Å². The van der Waals surface area contributed by atoms with E-state index in [1.165, 1.54) is 7.05 Å². The molecular weight excluding hydrogens is 452 g/mol. The molecule has 0 unspecified atom stereocenters. The quantitative estimate of drug-likeness (QED) is 0.371. The minimum atomic E-state index is -1.36. The Balaban J connectivity index is 0.000000202. The molecule has 0 saturated carbocycles. The van der Waals surface area contributed by atoms with Crippen LogP contribution in [-0.4, -0.2) is 77.7 Å². The monoisotopic (exact) mass is 476 g/mol. The zero-order valence-corrected chi connectivity index (χ0v) is 17.7. The number of nitrogens with one attached hydrogen (secondary N) is 2. The number of aromatic nitrogens is 4. The minimum absolute atomic E-state index is 0.00294. The first kappa shape index (κ1) is 23.2. The Morgan fingerprint density at radius 2 is 1.83 bits per heavy atom. The van der Waals surface area contributed by atoms with Crippen LogP contribution in [0.1, 0.15) is 0 Å². The van der Waals surface area contributed by atoms with Crippen LogP contribution in [0.15, 0.2) is 14.3 Å². The van der Waals surface area contributed by atoms with Gasteiger partial charge in [-0.2, -0.15) is 0 Å². The number of H-pyrrole nitrogens is 1. The summed E-state index contributed by atoms with van der Waals surface area (Å²) in [5.41, 5.74) is -1.20. The third-order valence-electron chi connectivity index (χ3n) is 4.03. The molecule has 0 amide bonds. The van der Waals surface area contributed by atoms with Crippen molar-refractivity contribution in [2.75, 3.05) is 52.6 Å². The number of morpholine rings is 2. The fraction of sp³-hybridized carbons (Fsp3) is 0.625. The van der Waals surface area contributed by atoms with E-state index in [1.54, 1.807) is 0 Å². The number of carboxylic acid groups (broad SMARTS) is 1. The van der Waals surface area contributed by atoms with Gasteiger partial charge in [-0.1, -0.05) is 0 Å². The molecule has 0 bridgehead atoms. The van der Waals surface area contributed by atoms with Crippen LogP contribution in [-0.2, 0) is 27.9 Å². The maximum absolute atomic E-state index is 11.6. The average Bonchev–Trinajstić information content (AvgIpc) is 3.06. The van der Waals surface area contributed by atoms with Gasteiger partial charge < -0.3 is 34.6 Å². The lowest BCUT2D eigenvalue weighted by atomic mass is 10.5. The lowest BCUT2D eigenvalue weighted by molar-refractivity contribution is -0.670. The van der Waals surface area contributed by atoms with Crippen molar-refractivity contribution in [2.24, 2.45) is 7.05 Å². The maximum atomic E-state index is 11.6. The molecule has 13 heteroatoms. The highest BCUT2D eigenvalue weighted by molar-refractivity contribution is 9.10. The zero-order valence-electron chi connectivity index (χ0n) is 16.1. The van der Waals surface area contributed by atoms with Gasteiger partial charge in [0, 0.05) is 20.1 Å². The number of quaternary nitrogens is 1. The molecule has 2 aliphatic rings. The molecule has 4 rings (SSSR count). The number of aromatic amines is 1. The first-order chi connectivity index (χ1) is 13.9. The van der Waals surface area contributed by atoms with Gasteiger partial charge >= 0.3 is 5.69 Å². The number of nitrogens with zero attached hydrogens (tertiary/aromatic N) is 3. The Kier molecular flexibility index (Phi) is 9.47. The Labute approximate surface area is 174 Å². The number of halogens is 1. The number of fused-ring (bicyclic) bond motifs is 1. The molecule has 2 aliphatic heterocycles. The van der Waals surface area contributed by atoms with E-state index in [0.29, 0.717) is 0 Å². The Morgan fingerprint density at radius 3 is 2.24 bits per heavy atom. The van der Waals surface area contributed by atoms with Gasteiger partial charge in [-0.15, -0.1) is 0 Å². The number of imidazole rings is 1. The summed E-state index contributed by atoms with van der Waals surface area (Å²) < 4.78 is 12.4. The highest BCUT2D eigenvalue weighted by Gasteiger charge is 2.15. The first-order valence-corrected chi connectivity index (χ1v) is 9.94. The molecule has 2 aromatic heterocycles. The van der Waals surface area contributed by atoms with Gasteiger partial charge in [-0.05, 0) is 15.9 Å². The molecule has 0 aromatic carbocycles. The summed E-state index contributed by atoms with van der Waals surface area (Å²) in [7, 11) is 1.42. The third-order valence-corrected chi connectivity index (χ3v) is 4.63. The van der Waals surface area contributed by atoms with E-state index < -0.39 is 23.8 Å². The summed E-state index contributed by atoms with van der Waals surface area (Å²) in [6.45, 7) is 7.50. The molecule has 4 heterocycles. The molecule has 29 heavy (non-hydrogen) atoms. The number of carbonyl (C=O) groups excluding carboxylic acids is 1. The van der Waals surface area contributed by atoms with E-state index >= 15 is 0 Å². The molecule has 4 N–H and O–H groups in total. The fourth-order valence-electron chi connectivity index (χ4n) is 2.58. The second-order valence-corrected chi connectivity index (χ2v) is 6.88. The molecule has 2 fully saturated rings. The molecule has 2 aromatic rings. The molecule has 0 spiro atoms. The van der Waals surface area contributed by atoms with Gasteiger partial charge in [0.25, 0.3) is 5.56 Å². The normalized spacial score (nSPS) is 16.3. The molecular formula is C16H25BrN6O6. The average molecular weight is 477 g/mol. The van der Waals surface area contributed by atoms with Gasteiger partial charge in [-0.25, -0.2) is 9.78 Å². The van der Waals surface area contributed by atoms with Gasteiger partial charge in [0.2, 0.25) is 0 Å². The van der Waals surface area contributed by atoms with Crippen molar-refractivity contribution >= 4 is 33.1 Å². The molecule has 0 atom stereocenters. The zero-order chi connectivity index (χ0) is 21.2. The second kappa shape index (κ2) is 11.8. The predicted molar refractivity (Wildman–Crippen MR) is 104 cm³/mol. The molecule has 162 valence electrons.